The first-order valence-corrected chi connectivity index (χ1v) is 7.98. The zero-order chi connectivity index (χ0) is 17.5. The van der Waals surface area contributed by atoms with Gasteiger partial charge in [-0.25, -0.2) is 4.99 Å². The van der Waals surface area contributed by atoms with E-state index in [1.54, 1.807) is 0 Å². The predicted molar refractivity (Wildman–Crippen MR) is 91.6 cm³/mol. The van der Waals surface area contributed by atoms with Crippen molar-refractivity contribution in [2.45, 2.75) is 53.5 Å². The Kier molecular flexibility index (Phi) is 7.06. The molecule has 0 atom stereocenters. The molecule has 7 heteroatoms. The van der Waals surface area contributed by atoms with Crippen molar-refractivity contribution in [3.05, 3.63) is 17.0 Å². The standard InChI is InChI=1S/C16H29N5O2/c1-7-17-15(19-10-14(22)20-16(4,5)6)18-9-8-13-11(2)21-23-12(13)3/h7-10H2,1-6H3,(H,20,22)(H2,17,18,19). The number of carbonyl (C=O) groups is 1. The zero-order valence-corrected chi connectivity index (χ0v) is 15.0. The number of aromatic nitrogens is 1. The second kappa shape index (κ2) is 8.55. The van der Waals surface area contributed by atoms with E-state index in [4.69, 9.17) is 4.52 Å². The van der Waals surface area contributed by atoms with Gasteiger partial charge in [0.05, 0.1) is 5.69 Å². The number of aliphatic imine (C=N–C) groups is 1. The molecule has 0 radical (unpaired) electrons. The van der Waals surface area contributed by atoms with E-state index in [0.29, 0.717) is 12.5 Å². The molecule has 0 aliphatic carbocycles. The number of amides is 1. The van der Waals surface area contributed by atoms with Crippen molar-refractivity contribution in [2.24, 2.45) is 4.99 Å². The highest BCUT2D eigenvalue weighted by atomic mass is 16.5. The van der Waals surface area contributed by atoms with Gasteiger partial charge < -0.3 is 20.5 Å². The molecule has 1 amide bonds. The Morgan fingerprint density at radius 1 is 1.26 bits per heavy atom. The van der Waals surface area contributed by atoms with E-state index in [2.05, 4.69) is 26.1 Å². The molecule has 0 spiro atoms. The van der Waals surface area contributed by atoms with Crippen LogP contribution in [0.5, 0.6) is 0 Å². The van der Waals surface area contributed by atoms with Crippen LogP contribution in [0.25, 0.3) is 0 Å². The average Bonchev–Trinajstić information content (AvgIpc) is 2.74. The molecule has 0 aliphatic heterocycles. The molecule has 0 aliphatic rings. The summed E-state index contributed by atoms with van der Waals surface area (Å²) in [6.45, 7) is 13.2. The van der Waals surface area contributed by atoms with Gasteiger partial charge in [0.1, 0.15) is 12.3 Å². The van der Waals surface area contributed by atoms with Gasteiger partial charge in [-0.15, -0.1) is 0 Å². The Labute approximate surface area is 138 Å². The van der Waals surface area contributed by atoms with Crippen molar-refractivity contribution >= 4 is 11.9 Å². The van der Waals surface area contributed by atoms with E-state index in [0.717, 1.165) is 30.0 Å². The third kappa shape index (κ3) is 7.17. The first kappa shape index (κ1) is 19.0. The van der Waals surface area contributed by atoms with Crippen molar-refractivity contribution in [3.8, 4) is 0 Å². The third-order valence-electron chi connectivity index (χ3n) is 3.09. The van der Waals surface area contributed by atoms with Crippen LogP contribution in [0.15, 0.2) is 9.52 Å². The smallest absolute Gasteiger partial charge is 0.242 e. The first-order chi connectivity index (χ1) is 10.7. The van der Waals surface area contributed by atoms with Crippen LogP contribution >= 0.6 is 0 Å². The maximum absolute atomic E-state index is 11.8. The summed E-state index contributed by atoms with van der Waals surface area (Å²) in [5.41, 5.74) is 1.77. The lowest BCUT2D eigenvalue weighted by molar-refractivity contribution is -0.121. The van der Waals surface area contributed by atoms with Crippen LogP contribution in [0.4, 0.5) is 0 Å². The monoisotopic (exact) mass is 323 g/mol. The summed E-state index contributed by atoms with van der Waals surface area (Å²) >= 11 is 0. The molecular formula is C16H29N5O2. The minimum absolute atomic E-state index is 0.0952. The largest absolute Gasteiger partial charge is 0.361 e. The van der Waals surface area contributed by atoms with E-state index in [9.17, 15) is 4.79 Å². The minimum atomic E-state index is -0.248. The normalized spacial score (nSPS) is 12.2. The lowest BCUT2D eigenvalue weighted by atomic mass is 10.1. The zero-order valence-electron chi connectivity index (χ0n) is 15.0. The molecule has 1 aromatic heterocycles. The van der Waals surface area contributed by atoms with Crippen molar-refractivity contribution in [2.75, 3.05) is 19.6 Å². The van der Waals surface area contributed by atoms with Crippen molar-refractivity contribution in [3.63, 3.8) is 0 Å². The Morgan fingerprint density at radius 3 is 2.48 bits per heavy atom. The Hall–Kier alpha value is -2.05. The average molecular weight is 323 g/mol. The highest BCUT2D eigenvalue weighted by Gasteiger charge is 2.13. The maximum atomic E-state index is 11.8. The van der Waals surface area contributed by atoms with Crippen molar-refractivity contribution in [1.82, 2.24) is 21.1 Å². The molecule has 0 fully saturated rings. The van der Waals surface area contributed by atoms with Crippen LogP contribution in [-0.4, -0.2) is 42.2 Å². The summed E-state index contributed by atoms with van der Waals surface area (Å²) in [6.07, 6.45) is 0.791. The third-order valence-corrected chi connectivity index (χ3v) is 3.09. The summed E-state index contributed by atoms with van der Waals surface area (Å²) in [5, 5.41) is 13.2. The number of guanidine groups is 1. The van der Waals surface area contributed by atoms with E-state index in [1.807, 2.05) is 41.5 Å². The molecule has 1 aromatic rings. The number of carbonyl (C=O) groups excluding carboxylic acids is 1. The fraction of sp³-hybridized carbons (Fsp3) is 0.688. The van der Waals surface area contributed by atoms with Gasteiger partial charge in [-0.1, -0.05) is 5.16 Å². The summed E-state index contributed by atoms with van der Waals surface area (Å²) in [7, 11) is 0. The van der Waals surface area contributed by atoms with Gasteiger partial charge >= 0.3 is 0 Å². The molecule has 0 unspecified atom stereocenters. The van der Waals surface area contributed by atoms with Crippen LogP contribution in [-0.2, 0) is 11.2 Å². The molecule has 1 rings (SSSR count). The van der Waals surface area contributed by atoms with Crippen LogP contribution < -0.4 is 16.0 Å². The van der Waals surface area contributed by atoms with Crippen LogP contribution in [0.3, 0.4) is 0 Å². The molecule has 0 aromatic carbocycles. The van der Waals surface area contributed by atoms with Crippen molar-refractivity contribution < 1.29 is 9.32 Å². The number of rotatable bonds is 6. The van der Waals surface area contributed by atoms with Crippen LogP contribution in [0.2, 0.25) is 0 Å². The van der Waals surface area contributed by atoms with Gasteiger partial charge in [0, 0.05) is 24.2 Å². The van der Waals surface area contributed by atoms with E-state index in [1.165, 1.54) is 0 Å². The highest BCUT2D eigenvalue weighted by molar-refractivity contribution is 5.85. The summed E-state index contributed by atoms with van der Waals surface area (Å²) in [6, 6.07) is 0. The Morgan fingerprint density at radius 2 is 1.96 bits per heavy atom. The second-order valence-electron chi connectivity index (χ2n) is 6.47. The first-order valence-electron chi connectivity index (χ1n) is 7.98. The van der Waals surface area contributed by atoms with E-state index < -0.39 is 0 Å². The fourth-order valence-electron chi connectivity index (χ4n) is 2.12. The number of nitrogens with zero attached hydrogens (tertiary/aromatic N) is 2. The Bertz CT molecular complexity index is 524. The molecule has 3 N–H and O–H groups in total. The van der Waals surface area contributed by atoms with Crippen LogP contribution in [0, 0.1) is 13.8 Å². The number of hydrogen-bond acceptors (Lipinski definition) is 4. The molecule has 23 heavy (non-hydrogen) atoms. The lowest BCUT2D eigenvalue weighted by Crippen LogP contribution is -2.43. The number of aryl methyl sites for hydroxylation is 2. The molecule has 0 saturated heterocycles. The van der Waals surface area contributed by atoms with Crippen molar-refractivity contribution in [1.29, 1.82) is 0 Å². The number of hydrogen-bond donors (Lipinski definition) is 3. The minimum Gasteiger partial charge on any atom is -0.361 e. The SMILES string of the molecule is CCNC(=NCC(=O)NC(C)(C)C)NCCc1c(C)noc1C. The lowest BCUT2D eigenvalue weighted by Gasteiger charge is -2.20. The highest BCUT2D eigenvalue weighted by Crippen LogP contribution is 2.11. The topological polar surface area (TPSA) is 91.5 Å². The molecule has 7 nitrogen and oxygen atoms in total. The quantitative estimate of drug-likeness (QED) is 0.542. The van der Waals surface area contributed by atoms with E-state index >= 15 is 0 Å². The van der Waals surface area contributed by atoms with Gasteiger partial charge in [-0.3, -0.25) is 4.79 Å². The molecule has 0 saturated carbocycles. The van der Waals surface area contributed by atoms with Crippen LogP contribution in [0.1, 0.15) is 44.7 Å². The molecule has 0 bridgehead atoms. The Balaban J connectivity index is 2.51. The summed E-state index contributed by atoms with van der Waals surface area (Å²) < 4.78 is 5.15. The van der Waals surface area contributed by atoms with Gasteiger partial charge in [0.25, 0.3) is 0 Å². The fourth-order valence-corrected chi connectivity index (χ4v) is 2.12. The maximum Gasteiger partial charge on any atom is 0.242 e. The second-order valence-corrected chi connectivity index (χ2v) is 6.47. The molecule has 1 heterocycles. The predicted octanol–water partition coefficient (Wildman–Crippen LogP) is 1.30. The van der Waals surface area contributed by atoms with Gasteiger partial charge in [-0.2, -0.15) is 0 Å². The number of nitrogens with one attached hydrogen (secondary N) is 3. The van der Waals surface area contributed by atoms with E-state index in [-0.39, 0.29) is 18.0 Å². The van der Waals surface area contributed by atoms with Gasteiger partial charge in [0.15, 0.2) is 5.96 Å². The van der Waals surface area contributed by atoms with Gasteiger partial charge in [-0.05, 0) is 48.0 Å². The van der Waals surface area contributed by atoms with Gasteiger partial charge in [0.2, 0.25) is 5.91 Å². The molecular weight excluding hydrogens is 294 g/mol. The molecule has 130 valence electrons. The summed E-state index contributed by atoms with van der Waals surface area (Å²) in [5.74, 6) is 1.37. The summed E-state index contributed by atoms with van der Waals surface area (Å²) in [4.78, 5) is 16.1.